The van der Waals surface area contributed by atoms with E-state index in [1.54, 1.807) is 36.4 Å². The molecule has 0 unspecified atom stereocenters. The van der Waals surface area contributed by atoms with Crippen molar-refractivity contribution in [1.82, 2.24) is 0 Å². The maximum atomic E-state index is 11.5. The smallest absolute Gasteiger partial charge is 0.344 e. The van der Waals surface area contributed by atoms with Gasteiger partial charge in [-0.2, -0.15) is 0 Å². The third-order valence-corrected chi connectivity index (χ3v) is 2.55. The number of phenolic OH excluding ortho intramolecular Hbond substituents is 1. The average molecular weight is 273 g/mol. The highest BCUT2D eigenvalue weighted by atomic mass is 16.6. The van der Waals surface area contributed by atoms with Gasteiger partial charge in [0.25, 0.3) is 0 Å². The zero-order valence-corrected chi connectivity index (χ0v) is 10.8. The molecule has 5 heteroatoms. The Bertz CT molecular complexity index is 581. The summed E-state index contributed by atoms with van der Waals surface area (Å²) in [6.45, 7) is -0.0407. The van der Waals surface area contributed by atoms with Gasteiger partial charge in [0, 0.05) is 11.8 Å². The van der Waals surface area contributed by atoms with Gasteiger partial charge >= 0.3 is 5.97 Å². The van der Waals surface area contributed by atoms with Gasteiger partial charge in [0.1, 0.15) is 18.1 Å². The fraction of sp³-hybridized carbons (Fsp3) is 0.133. The van der Waals surface area contributed by atoms with Gasteiger partial charge in [0.2, 0.25) is 0 Å². The van der Waals surface area contributed by atoms with Crippen LogP contribution in [0.1, 0.15) is 5.56 Å². The first kappa shape index (κ1) is 13.7. The standard InChI is InChI=1S/C15H15NO4/c16-12-2-1-3-14(8-12)19-10-15(18)20-9-11-4-6-13(17)7-5-11/h1-8,17H,9-10,16H2. The highest BCUT2D eigenvalue weighted by molar-refractivity contribution is 5.71. The molecule has 3 N–H and O–H groups in total. The minimum atomic E-state index is -0.472. The molecule has 0 radical (unpaired) electrons. The minimum absolute atomic E-state index is 0.138. The SMILES string of the molecule is Nc1cccc(OCC(=O)OCc2ccc(O)cc2)c1. The molecule has 0 heterocycles. The predicted octanol–water partition coefficient (Wildman–Crippen LogP) is 2.10. The first-order valence-electron chi connectivity index (χ1n) is 6.05. The molecule has 0 atom stereocenters. The fourth-order valence-electron chi connectivity index (χ4n) is 1.54. The molecule has 0 saturated carbocycles. The van der Waals surface area contributed by atoms with Crippen molar-refractivity contribution in [3.8, 4) is 11.5 Å². The molecule has 0 bridgehead atoms. The number of carbonyl (C=O) groups excluding carboxylic acids is 1. The van der Waals surface area contributed by atoms with Crippen LogP contribution in [0.3, 0.4) is 0 Å². The second kappa shape index (κ2) is 6.47. The Balaban J connectivity index is 1.77. The molecule has 2 aromatic rings. The molecule has 0 amide bonds. The van der Waals surface area contributed by atoms with Crippen molar-refractivity contribution in [3.05, 3.63) is 54.1 Å². The summed E-state index contributed by atoms with van der Waals surface area (Å²) in [5, 5.41) is 9.13. The number of aromatic hydroxyl groups is 1. The Hall–Kier alpha value is -2.69. The molecule has 0 spiro atoms. The van der Waals surface area contributed by atoms with E-state index in [9.17, 15) is 4.79 Å². The van der Waals surface area contributed by atoms with Gasteiger partial charge in [-0.1, -0.05) is 18.2 Å². The van der Waals surface area contributed by atoms with E-state index in [-0.39, 0.29) is 19.0 Å². The lowest BCUT2D eigenvalue weighted by atomic mass is 10.2. The van der Waals surface area contributed by atoms with E-state index in [2.05, 4.69) is 0 Å². The van der Waals surface area contributed by atoms with Crippen LogP contribution in [0.5, 0.6) is 11.5 Å². The summed E-state index contributed by atoms with van der Waals surface area (Å²) in [5.74, 6) is 0.220. The maximum absolute atomic E-state index is 11.5. The van der Waals surface area contributed by atoms with Gasteiger partial charge in [-0.15, -0.1) is 0 Å². The molecular formula is C15H15NO4. The number of phenols is 1. The van der Waals surface area contributed by atoms with Crippen molar-refractivity contribution in [3.63, 3.8) is 0 Å². The van der Waals surface area contributed by atoms with Gasteiger partial charge in [-0.05, 0) is 29.8 Å². The lowest BCUT2D eigenvalue weighted by molar-refractivity contribution is -0.147. The average Bonchev–Trinajstić information content (AvgIpc) is 2.45. The van der Waals surface area contributed by atoms with Crippen LogP contribution >= 0.6 is 0 Å². The van der Waals surface area contributed by atoms with Gasteiger partial charge in [-0.25, -0.2) is 4.79 Å². The topological polar surface area (TPSA) is 81.8 Å². The van der Waals surface area contributed by atoms with Gasteiger partial charge in [-0.3, -0.25) is 0 Å². The number of rotatable bonds is 5. The third-order valence-electron chi connectivity index (χ3n) is 2.55. The van der Waals surface area contributed by atoms with Crippen LogP contribution in [0.25, 0.3) is 0 Å². The van der Waals surface area contributed by atoms with E-state index in [4.69, 9.17) is 20.3 Å². The lowest BCUT2D eigenvalue weighted by Gasteiger charge is -2.07. The van der Waals surface area contributed by atoms with Gasteiger partial charge < -0.3 is 20.3 Å². The van der Waals surface area contributed by atoms with Crippen LogP contribution in [-0.4, -0.2) is 17.7 Å². The van der Waals surface area contributed by atoms with Crippen LogP contribution in [-0.2, 0) is 16.1 Å². The molecule has 0 aliphatic heterocycles. The number of esters is 1. The van der Waals surface area contributed by atoms with E-state index in [0.29, 0.717) is 11.4 Å². The molecule has 20 heavy (non-hydrogen) atoms. The number of nitrogen functional groups attached to an aromatic ring is 1. The Morgan fingerprint density at radius 1 is 1.15 bits per heavy atom. The van der Waals surface area contributed by atoms with E-state index in [1.807, 2.05) is 0 Å². The zero-order chi connectivity index (χ0) is 14.4. The van der Waals surface area contributed by atoms with Crippen molar-refractivity contribution in [2.45, 2.75) is 6.61 Å². The Kier molecular flexibility index (Phi) is 4.44. The summed E-state index contributed by atoms with van der Waals surface area (Å²) in [6, 6.07) is 13.3. The summed E-state index contributed by atoms with van der Waals surface area (Å²) in [5.41, 5.74) is 6.96. The Labute approximate surface area is 116 Å². The molecule has 0 aromatic heterocycles. The number of hydrogen-bond acceptors (Lipinski definition) is 5. The summed E-state index contributed by atoms with van der Waals surface area (Å²) >= 11 is 0. The minimum Gasteiger partial charge on any atom is -0.508 e. The maximum Gasteiger partial charge on any atom is 0.344 e. The van der Waals surface area contributed by atoms with Crippen LogP contribution in [0.15, 0.2) is 48.5 Å². The normalized spacial score (nSPS) is 10.0. The van der Waals surface area contributed by atoms with Crippen LogP contribution < -0.4 is 10.5 Å². The molecule has 0 fully saturated rings. The van der Waals surface area contributed by atoms with E-state index in [1.165, 1.54) is 12.1 Å². The second-order valence-electron chi connectivity index (χ2n) is 4.19. The van der Waals surface area contributed by atoms with Crippen LogP contribution in [0, 0.1) is 0 Å². The Morgan fingerprint density at radius 2 is 1.90 bits per heavy atom. The molecule has 2 rings (SSSR count). The van der Waals surface area contributed by atoms with Crippen LogP contribution in [0.2, 0.25) is 0 Å². The highest BCUT2D eigenvalue weighted by Gasteiger charge is 2.05. The quantitative estimate of drug-likeness (QED) is 0.644. The lowest BCUT2D eigenvalue weighted by Crippen LogP contribution is -2.14. The summed E-state index contributed by atoms with van der Waals surface area (Å²) < 4.78 is 10.3. The zero-order valence-electron chi connectivity index (χ0n) is 10.8. The van der Waals surface area contributed by atoms with Crippen molar-refractivity contribution in [2.24, 2.45) is 0 Å². The predicted molar refractivity (Wildman–Crippen MR) is 74.3 cm³/mol. The first-order chi connectivity index (χ1) is 9.63. The molecule has 5 nitrogen and oxygen atoms in total. The van der Waals surface area contributed by atoms with Crippen molar-refractivity contribution in [1.29, 1.82) is 0 Å². The molecule has 0 aliphatic rings. The third kappa shape index (κ3) is 4.20. The van der Waals surface area contributed by atoms with Crippen molar-refractivity contribution >= 4 is 11.7 Å². The fourth-order valence-corrected chi connectivity index (χ4v) is 1.54. The molecular weight excluding hydrogens is 258 g/mol. The first-order valence-corrected chi connectivity index (χ1v) is 6.05. The largest absolute Gasteiger partial charge is 0.508 e. The van der Waals surface area contributed by atoms with E-state index < -0.39 is 5.97 Å². The van der Waals surface area contributed by atoms with E-state index in [0.717, 1.165) is 5.56 Å². The Morgan fingerprint density at radius 3 is 2.60 bits per heavy atom. The number of carbonyl (C=O) groups is 1. The number of benzene rings is 2. The summed E-state index contributed by atoms with van der Waals surface area (Å²) in [7, 11) is 0. The summed E-state index contributed by atoms with van der Waals surface area (Å²) in [4.78, 5) is 11.5. The van der Waals surface area contributed by atoms with Gasteiger partial charge in [0.05, 0.1) is 0 Å². The number of anilines is 1. The summed E-state index contributed by atoms with van der Waals surface area (Å²) in [6.07, 6.45) is 0. The van der Waals surface area contributed by atoms with Crippen molar-refractivity contribution < 1.29 is 19.4 Å². The number of nitrogens with two attached hydrogens (primary N) is 1. The molecule has 2 aromatic carbocycles. The molecule has 104 valence electrons. The van der Waals surface area contributed by atoms with Crippen molar-refractivity contribution in [2.75, 3.05) is 12.3 Å². The second-order valence-corrected chi connectivity index (χ2v) is 4.19. The van der Waals surface area contributed by atoms with Crippen LogP contribution in [0.4, 0.5) is 5.69 Å². The number of hydrogen-bond donors (Lipinski definition) is 2. The molecule has 0 saturated heterocycles. The van der Waals surface area contributed by atoms with E-state index >= 15 is 0 Å². The number of ether oxygens (including phenoxy) is 2. The highest BCUT2D eigenvalue weighted by Crippen LogP contribution is 2.14. The monoisotopic (exact) mass is 273 g/mol. The molecule has 0 aliphatic carbocycles. The van der Waals surface area contributed by atoms with Gasteiger partial charge in [0.15, 0.2) is 6.61 Å².